The molecular weight excluding hydrogens is 306 g/mol. The maximum Gasteiger partial charge on any atom is 0.261 e. The summed E-state index contributed by atoms with van der Waals surface area (Å²) in [4.78, 5) is 14.9. The molecule has 1 aromatic carbocycles. The van der Waals surface area contributed by atoms with Crippen molar-refractivity contribution in [1.29, 1.82) is 0 Å². The van der Waals surface area contributed by atoms with Gasteiger partial charge < -0.3 is 10.1 Å². The number of hydrogen-bond acceptors (Lipinski definition) is 3. The molecule has 120 valence electrons. The van der Waals surface area contributed by atoms with Crippen molar-refractivity contribution in [1.82, 2.24) is 5.32 Å². The van der Waals surface area contributed by atoms with E-state index in [0.29, 0.717) is 6.61 Å². The molecule has 1 aliphatic carbocycles. The van der Waals surface area contributed by atoms with Crippen LogP contribution in [0.1, 0.15) is 51.5 Å². The van der Waals surface area contributed by atoms with Gasteiger partial charge in [0.15, 0.2) is 0 Å². The highest BCUT2D eigenvalue weighted by Crippen LogP contribution is 2.34. The van der Waals surface area contributed by atoms with E-state index in [4.69, 9.17) is 4.74 Å². The van der Waals surface area contributed by atoms with Gasteiger partial charge in [-0.2, -0.15) is 0 Å². The molecule has 23 heavy (non-hydrogen) atoms. The first kappa shape index (κ1) is 14.8. The van der Waals surface area contributed by atoms with E-state index in [1.807, 2.05) is 24.3 Å². The third kappa shape index (κ3) is 2.88. The van der Waals surface area contributed by atoms with E-state index >= 15 is 0 Å². The van der Waals surface area contributed by atoms with Crippen molar-refractivity contribution in [2.45, 2.75) is 38.6 Å². The van der Waals surface area contributed by atoms with Crippen molar-refractivity contribution in [3.05, 3.63) is 51.2 Å². The molecule has 1 aliphatic heterocycles. The van der Waals surface area contributed by atoms with Gasteiger partial charge in [-0.25, -0.2) is 0 Å². The summed E-state index contributed by atoms with van der Waals surface area (Å²) in [7, 11) is 0. The smallest absolute Gasteiger partial charge is 0.261 e. The van der Waals surface area contributed by atoms with E-state index in [1.54, 1.807) is 11.3 Å². The number of hydrogen-bond donors (Lipinski definition) is 1. The van der Waals surface area contributed by atoms with Gasteiger partial charge in [-0.15, -0.1) is 11.3 Å². The van der Waals surface area contributed by atoms with Crippen molar-refractivity contribution >= 4 is 17.2 Å². The Morgan fingerprint density at radius 1 is 1.30 bits per heavy atom. The minimum absolute atomic E-state index is 0.0468. The molecule has 0 spiro atoms. The fourth-order valence-electron chi connectivity index (χ4n) is 3.54. The zero-order valence-electron chi connectivity index (χ0n) is 13.3. The number of rotatable bonds is 2. The summed E-state index contributed by atoms with van der Waals surface area (Å²) >= 11 is 1.67. The Labute approximate surface area is 140 Å². The molecule has 2 atom stereocenters. The Morgan fingerprint density at radius 3 is 3.09 bits per heavy atom. The standard InChI is InChI=1S/C19H21NO2S/c1-12-6-7-17-13(10-12)11-18(23-17)19(21)20-15-8-9-22-16-5-3-2-4-14(15)16/h2-5,11-12,15H,6-10H2,1H3,(H,20,21)/t12-,15-/m0/s1. The topological polar surface area (TPSA) is 38.3 Å². The first-order valence-corrected chi connectivity index (χ1v) is 9.16. The zero-order valence-corrected chi connectivity index (χ0v) is 14.1. The van der Waals surface area contributed by atoms with Crippen molar-refractivity contribution < 1.29 is 9.53 Å². The third-order valence-electron chi connectivity index (χ3n) is 4.82. The monoisotopic (exact) mass is 327 g/mol. The van der Waals surface area contributed by atoms with Crippen molar-refractivity contribution in [2.24, 2.45) is 5.92 Å². The number of carbonyl (C=O) groups is 1. The van der Waals surface area contributed by atoms with E-state index in [-0.39, 0.29) is 11.9 Å². The number of ether oxygens (including phenoxy) is 1. The third-order valence-corrected chi connectivity index (χ3v) is 6.05. The van der Waals surface area contributed by atoms with Gasteiger partial charge in [0.25, 0.3) is 5.91 Å². The summed E-state index contributed by atoms with van der Waals surface area (Å²) < 4.78 is 5.67. The van der Waals surface area contributed by atoms with Crippen LogP contribution in [0.4, 0.5) is 0 Å². The van der Waals surface area contributed by atoms with Crippen LogP contribution in [0.25, 0.3) is 0 Å². The van der Waals surface area contributed by atoms with Crippen LogP contribution in [0.15, 0.2) is 30.3 Å². The number of thiophene rings is 1. The van der Waals surface area contributed by atoms with Crippen LogP contribution >= 0.6 is 11.3 Å². The minimum Gasteiger partial charge on any atom is -0.493 e. The number of fused-ring (bicyclic) bond motifs is 2. The maximum absolute atomic E-state index is 12.7. The Morgan fingerprint density at radius 2 is 2.17 bits per heavy atom. The predicted molar refractivity (Wildman–Crippen MR) is 92.3 cm³/mol. The molecule has 1 N–H and O–H groups in total. The first-order valence-electron chi connectivity index (χ1n) is 8.35. The van der Waals surface area contributed by atoms with Gasteiger partial charge >= 0.3 is 0 Å². The number of aryl methyl sites for hydroxylation is 1. The average molecular weight is 327 g/mol. The second-order valence-corrected chi connectivity index (χ2v) is 7.74. The fourth-order valence-corrected chi connectivity index (χ4v) is 4.65. The lowest BCUT2D eigenvalue weighted by Crippen LogP contribution is -2.31. The average Bonchev–Trinajstić information content (AvgIpc) is 2.98. The number of para-hydroxylation sites is 1. The quantitative estimate of drug-likeness (QED) is 0.901. The number of benzene rings is 1. The van der Waals surface area contributed by atoms with Gasteiger partial charge in [-0.05, 0) is 42.9 Å². The highest BCUT2D eigenvalue weighted by Gasteiger charge is 2.25. The number of amides is 1. The molecule has 2 aliphatic rings. The molecule has 0 saturated heterocycles. The molecule has 4 heteroatoms. The summed E-state index contributed by atoms with van der Waals surface area (Å²) in [6.07, 6.45) is 4.29. The summed E-state index contributed by atoms with van der Waals surface area (Å²) in [5.41, 5.74) is 2.47. The Balaban J connectivity index is 1.53. The molecule has 1 aromatic heterocycles. The molecule has 0 fully saturated rings. The van der Waals surface area contributed by atoms with Gasteiger partial charge in [0.05, 0.1) is 17.5 Å². The van der Waals surface area contributed by atoms with Crippen LogP contribution in [-0.2, 0) is 12.8 Å². The molecule has 3 nitrogen and oxygen atoms in total. The van der Waals surface area contributed by atoms with Crippen molar-refractivity contribution in [3.63, 3.8) is 0 Å². The van der Waals surface area contributed by atoms with Crippen LogP contribution in [0.5, 0.6) is 5.75 Å². The number of carbonyl (C=O) groups excluding carboxylic acids is 1. The second-order valence-electron chi connectivity index (χ2n) is 6.61. The molecule has 0 bridgehead atoms. The van der Waals surface area contributed by atoms with Crippen molar-refractivity contribution in [2.75, 3.05) is 6.61 Å². The van der Waals surface area contributed by atoms with Gasteiger partial charge in [0, 0.05) is 16.9 Å². The predicted octanol–water partition coefficient (Wildman–Crippen LogP) is 4.13. The molecule has 2 heterocycles. The maximum atomic E-state index is 12.7. The molecule has 2 aromatic rings. The van der Waals surface area contributed by atoms with Gasteiger partial charge in [-0.1, -0.05) is 25.1 Å². The minimum atomic E-state index is 0.0468. The summed E-state index contributed by atoms with van der Waals surface area (Å²) in [5.74, 6) is 1.68. The highest BCUT2D eigenvalue weighted by molar-refractivity contribution is 7.14. The SMILES string of the molecule is C[C@H]1CCc2sc(C(=O)N[C@H]3CCOc4ccccc43)cc2C1. The van der Waals surface area contributed by atoms with Crippen molar-refractivity contribution in [3.8, 4) is 5.75 Å². The molecule has 4 rings (SSSR count). The van der Waals surface area contributed by atoms with Gasteiger partial charge in [-0.3, -0.25) is 4.79 Å². The van der Waals surface area contributed by atoms with E-state index in [1.165, 1.54) is 16.9 Å². The Kier molecular flexibility index (Phi) is 3.85. The van der Waals surface area contributed by atoms with E-state index < -0.39 is 0 Å². The lowest BCUT2D eigenvalue weighted by molar-refractivity contribution is 0.0929. The number of nitrogens with one attached hydrogen (secondary N) is 1. The second kappa shape index (κ2) is 6.00. The molecule has 0 saturated carbocycles. The Bertz CT molecular complexity index is 737. The van der Waals surface area contributed by atoms with E-state index in [9.17, 15) is 4.79 Å². The summed E-state index contributed by atoms with van der Waals surface area (Å²) in [6, 6.07) is 10.1. The first-order chi connectivity index (χ1) is 11.2. The van der Waals surface area contributed by atoms with Crippen LogP contribution < -0.4 is 10.1 Å². The summed E-state index contributed by atoms with van der Waals surface area (Å²) in [6.45, 7) is 2.94. The summed E-state index contributed by atoms with van der Waals surface area (Å²) in [5, 5.41) is 3.20. The lowest BCUT2D eigenvalue weighted by atomic mass is 9.90. The normalized spacial score (nSPS) is 22.7. The van der Waals surface area contributed by atoms with Crippen LogP contribution in [0.3, 0.4) is 0 Å². The van der Waals surface area contributed by atoms with Crippen LogP contribution in [0, 0.1) is 5.92 Å². The molecule has 1 amide bonds. The van der Waals surface area contributed by atoms with Gasteiger partial charge in [0.2, 0.25) is 0 Å². The van der Waals surface area contributed by atoms with E-state index in [0.717, 1.165) is 41.4 Å². The zero-order chi connectivity index (χ0) is 15.8. The van der Waals surface area contributed by atoms with Gasteiger partial charge in [0.1, 0.15) is 5.75 Å². The van der Waals surface area contributed by atoms with E-state index in [2.05, 4.69) is 18.3 Å². The highest BCUT2D eigenvalue weighted by atomic mass is 32.1. The Hall–Kier alpha value is -1.81. The fraction of sp³-hybridized carbons (Fsp3) is 0.421. The largest absolute Gasteiger partial charge is 0.493 e. The van der Waals surface area contributed by atoms with Crippen LogP contribution in [0.2, 0.25) is 0 Å². The lowest BCUT2D eigenvalue weighted by Gasteiger charge is -2.26. The molecule has 0 unspecified atom stereocenters. The van der Waals surface area contributed by atoms with Crippen LogP contribution in [-0.4, -0.2) is 12.5 Å². The molecule has 0 radical (unpaired) electrons. The molecular formula is C19H21NO2S.